The van der Waals surface area contributed by atoms with Crippen LogP contribution in [0.25, 0.3) is 6.08 Å². The molecule has 1 amide bonds. The van der Waals surface area contributed by atoms with Crippen molar-refractivity contribution < 1.29 is 14.3 Å². The Hall–Kier alpha value is -2.75. The Morgan fingerprint density at radius 3 is 2.23 bits per heavy atom. The minimum atomic E-state index is -0.283. The molecule has 138 valence electrons. The number of carbonyl (C=O) groups excluding carboxylic acids is 1. The fourth-order valence-corrected chi connectivity index (χ4v) is 2.63. The maximum atomic E-state index is 12.8. The molecule has 0 unspecified atom stereocenters. The van der Waals surface area contributed by atoms with Crippen LogP contribution in [0.1, 0.15) is 31.9 Å². The van der Waals surface area contributed by atoms with Crippen molar-refractivity contribution >= 4 is 12.0 Å². The number of nitrogens with zero attached hydrogens (tertiary/aromatic N) is 1. The summed E-state index contributed by atoms with van der Waals surface area (Å²) < 4.78 is 10.6. The van der Waals surface area contributed by atoms with Crippen LogP contribution in [0.3, 0.4) is 0 Å². The monoisotopic (exact) mass is 353 g/mol. The van der Waals surface area contributed by atoms with E-state index in [1.54, 1.807) is 26.4 Å². The van der Waals surface area contributed by atoms with Gasteiger partial charge in [-0.1, -0.05) is 36.4 Å². The maximum Gasteiger partial charge on any atom is 0.247 e. The van der Waals surface area contributed by atoms with E-state index in [1.807, 2.05) is 74.2 Å². The molecule has 26 heavy (non-hydrogen) atoms. The highest BCUT2D eigenvalue weighted by molar-refractivity contribution is 5.92. The van der Waals surface area contributed by atoms with E-state index >= 15 is 0 Å². The number of ether oxygens (including phenoxy) is 2. The van der Waals surface area contributed by atoms with Gasteiger partial charge >= 0.3 is 0 Å². The first-order chi connectivity index (χ1) is 12.3. The minimum Gasteiger partial charge on any atom is -0.493 e. The van der Waals surface area contributed by atoms with E-state index in [1.165, 1.54) is 0 Å². The van der Waals surface area contributed by atoms with Gasteiger partial charge in [0, 0.05) is 18.2 Å². The van der Waals surface area contributed by atoms with Crippen molar-refractivity contribution in [2.75, 3.05) is 14.2 Å². The van der Waals surface area contributed by atoms with Crippen LogP contribution in [0, 0.1) is 0 Å². The molecule has 2 rings (SSSR count). The minimum absolute atomic E-state index is 0.0314. The molecule has 0 fully saturated rings. The normalized spacial score (nSPS) is 11.4. The molecule has 0 N–H and O–H groups in total. The maximum absolute atomic E-state index is 12.8. The molecule has 0 saturated heterocycles. The Kier molecular flexibility index (Phi) is 6.45. The molecule has 0 saturated carbocycles. The molecule has 0 aliphatic carbocycles. The molecule has 0 aliphatic rings. The van der Waals surface area contributed by atoms with Crippen molar-refractivity contribution in [2.45, 2.75) is 32.9 Å². The zero-order valence-corrected chi connectivity index (χ0v) is 16.2. The Balaban J connectivity index is 2.20. The predicted molar refractivity (Wildman–Crippen MR) is 105 cm³/mol. The molecular formula is C22H27NO3. The van der Waals surface area contributed by atoms with Gasteiger partial charge in [0.1, 0.15) is 0 Å². The molecule has 0 spiro atoms. The van der Waals surface area contributed by atoms with Crippen LogP contribution in [-0.4, -0.2) is 30.6 Å². The van der Waals surface area contributed by atoms with Gasteiger partial charge in [0.05, 0.1) is 14.2 Å². The van der Waals surface area contributed by atoms with E-state index in [0.29, 0.717) is 18.0 Å². The zero-order chi connectivity index (χ0) is 19.2. The summed E-state index contributed by atoms with van der Waals surface area (Å²) in [6.07, 6.45) is 3.41. The van der Waals surface area contributed by atoms with Crippen LogP contribution in [0.4, 0.5) is 0 Å². The predicted octanol–water partition coefficient (Wildman–Crippen LogP) is 4.54. The van der Waals surface area contributed by atoms with E-state index in [9.17, 15) is 4.79 Å². The molecule has 2 aromatic carbocycles. The summed E-state index contributed by atoms with van der Waals surface area (Å²) >= 11 is 0. The summed E-state index contributed by atoms with van der Waals surface area (Å²) in [5, 5.41) is 0. The summed E-state index contributed by atoms with van der Waals surface area (Å²) in [7, 11) is 3.19. The highest BCUT2D eigenvalue weighted by Crippen LogP contribution is 2.28. The van der Waals surface area contributed by atoms with Gasteiger partial charge in [-0.15, -0.1) is 0 Å². The smallest absolute Gasteiger partial charge is 0.247 e. The van der Waals surface area contributed by atoms with Crippen molar-refractivity contribution in [1.29, 1.82) is 0 Å². The van der Waals surface area contributed by atoms with Crippen molar-refractivity contribution in [3.8, 4) is 11.5 Å². The van der Waals surface area contributed by atoms with E-state index in [0.717, 1.165) is 11.1 Å². The van der Waals surface area contributed by atoms with E-state index < -0.39 is 0 Å². The first-order valence-electron chi connectivity index (χ1n) is 8.61. The second kappa shape index (κ2) is 8.56. The summed E-state index contributed by atoms with van der Waals surface area (Å²) in [5.41, 5.74) is 1.70. The molecule has 0 aromatic heterocycles. The zero-order valence-electron chi connectivity index (χ0n) is 16.2. The standard InChI is InChI=1S/C22H27NO3/c1-22(2,3)23(16-18-9-7-6-8-10-18)21(24)14-12-17-11-13-19(25-4)20(15-17)26-5/h6-15H,16H2,1-5H3/b14-12+. The van der Waals surface area contributed by atoms with Gasteiger partial charge in [0.25, 0.3) is 0 Å². The summed E-state index contributed by atoms with van der Waals surface area (Å²) in [5.74, 6) is 1.27. The van der Waals surface area contributed by atoms with Gasteiger partial charge in [-0.25, -0.2) is 0 Å². The highest BCUT2D eigenvalue weighted by Gasteiger charge is 2.24. The quantitative estimate of drug-likeness (QED) is 0.716. The number of methoxy groups -OCH3 is 2. The summed E-state index contributed by atoms with van der Waals surface area (Å²) in [6, 6.07) is 15.6. The topological polar surface area (TPSA) is 38.8 Å². The number of hydrogen-bond acceptors (Lipinski definition) is 3. The SMILES string of the molecule is COc1ccc(/C=C/C(=O)N(Cc2ccccc2)C(C)(C)C)cc1OC. The Morgan fingerprint density at radius 1 is 1.00 bits per heavy atom. The largest absolute Gasteiger partial charge is 0.493 e. The van der Waals surface area contributed by atoms with Crippen LogP contribution < -0.4 is 9.47 Å². The molecule has 0 atom stereocenters. The van der Waals surface area contributed by atoms with Gasteiger partial charge in [-0.2, -0.15) is 0 Å². The molecule has 0 aliphatic heterocycles. The molecule has 4 heteroatoms. The molecule has 0 heterocycles. The Labute approximate surface area is 156 Å². The average Bonchev–Trinajstić information content (AvgIpc) is 2.63. The fraction of sp³-hybridized carbons (Fsp3) is 0.318. The number of benzene rings is 2. The third kappa shape index (κ3) is 5.12. The molecule has 0 radical (unpaired) electrons. The molecular weight excluding hydrogens is 326 g/mol. The third-order valence-electron chi connectivity index (χ3n) is 4.09. The van der Waals surface area contributed by atoms with Gasteiger partial charge in [-0.05, 0) is 50.1 Å². The number of hydrogen-bond donors (Lipinski definition) is 0. The van der Waals surface area contributed by atoms with E-state index in [2.05, 4.69) is 0 Å². The van der Waals surface area contributed by atoms with E-state index in [4.69, 9.17) is 9.47 Å². The lowest BCUT2D eigenvalue weighted by Crippen LogP contribution is -2.44. The first-order valence-corrected chi connectivity index (χ1v) is 8.61. The Morgan fingerprint density at radius 2 is 1.65 bits per heavy atom. The van der Waals surface area contributed by atoms with Gasteiger partial charge in [0.15, 0.2) is 11.5 Å². The first kappa shape index (κ1) is 19.6. The molecule has 2 aromatic rings. The average molecular weight is 353 g/mol. The summed E-state index contributed by atoms with van der Waals surface area (Å²) in [6.45, 7) is 6.69. The van der Waals surface area contributed by atoms with Gasteiger partial charge in [0.2, 0.25) is 5.91 Å². The number of rotatable bonds is 6. The van der Waals surface area contributed by atoms with Crippen LogP contribution in [0.5, 0.6) is 11.5 Å². The van der Waals surface area contributed by atoms with Crippen LogP contribution in [0.2, 0.25) is 0 Å². The molecule has 4 nitrogen and oxygen atoms in total. The molecule has 0 bridgehead atoms. The third-order valence-corrected chi connectivity index (χ3v) is 4.09. The lowest BCUT2D eigenvalue weighted by molar-refractivity contribution is -0.131. The van der Waals surface area contributed by atoms with Gasteiger partial charge < -0.3 is 14.4 Å². The second-order valence-electron chi connectivity index (χ2n) is 7.03. The van der Waals surface area contributed by atoms with Crippen LogP contribution in [-0.2, 0) is 11.3 Å². The summed E-state index contributed by atoms with van der Waals surface area (Å²) in [4.78, 5) is 14.7. The fourth-order valence-electron chi connectivity index (χ4n) is 2.63. The lowest BCUT2D eigenvalue weighted by atomic mass is 10.0. The lowest BCUT2D eigenvalue weighted by Gasteiger charge is -2.35. The van der Waals surface area contributed by atoms with Crippen LogP contribution >= 0.6 is 0 Å². The Bertz CT molecular complexity index is 761. The van der Waals surface area contributed by atoms with Crippen molar-refractivity contribution in [2.24, 2.45) is 0 Å². The van der Waals surface area contributed by atoms with Gasteiger partial charge in [-0.3, -0.25) is 4.79 Å². The highest BCUT2D eigenvalue weighted by atomic mass is 16.5. The van der Waals surface area contributed by atoms with Crippen molar-refractivity contribution in [3.05, 3.63) is 65.7 Å². The number of carbonyl (C=O) groups is 1. The van der Waals surface area contributed by atoms with Crippen LogP contribution in [0.15, 0.2) is 54.6 Å². The van der Waals surface area contributed by atoms with Crippen molar-refractivity contribution in [1.82, 2.24) is 4.90 Å². The van der Waals surface area contributed by atoms with Crippen molar-refractivity contribution in [3.63, 3.8) is 0 Å². The number of amides is 1. The van der Waals surface area contributed by atoms with E-state index in [-0.39, 0.29) is 11.4 Å². The second-order valence-corrected chi connectivity index (χ2v) is 7.03.